The maximum atomic E-state index is 5.28. The molecule has 14 rings (SSSR count). The van der Waals surface area contributed by atoms with Crippen LogP contribution in [-0.2, 0) is 0 Å². The standard InChI is InChI=1S/C61H38N4/c1-2-17-39(18-3-1)61-51-33-34-58-60(59(51)49-25-4-10-27-52(49)62-61)50-26-9-15-32-57(50)63(58)42-20-16-19-40(35-42)41-36-43(64-53-28-11-5-21-45(53)46-22-6-12-29-54(46)64)38-44(37-41)65-55-30-13-7-23-47(55)48-24-8-14-31-56(48)65/h1-38H. The fraction of sp³-hybridized carbons (Fsp3) is 0. The Bertz CT molecular complexity index is 4000. The van der Waals surface area contributed by atoms with E-state index in [9.17, 15) is 0 Å². The van der Waals surface area contributed by atoms with Crippen LogP contribution in [0.1, 0.15) is 0 Å². The molecular weight excluding hydrogens is 789 g/mol. The molecule has 0 saturated heterocycles. The molecule has 14 aromatic rings. The van der Waals surface area contributed by atoms with E-state index in [1.165, 1.54) is 65.3 Å². The van der Waals surface area contributed by atoms with Crippen LogP contribution in [0.5, 0.6) is 0 Å². The third kappa shape index (κ3) is 5.28. The van der Waals surface area contributed by atoms with Gasteiger partial charge in [0, 0.05) is 71.1 Å². The molecule has 4 nitrogen and oxygen atoms in total. The van der Waals surface area contributed by atoms with Crippen LogP contribution < -0.4 is 0 Å². The molecule has 0 saturated carbocycles. The SMILES string of the molecule is c1ccc(-c2nc3ccccc3c3c2ccc2c3c3ccccc3n2-c2cccc(-c3cc(-n4c5ccccc5c5ccccc54)cc(-n4c5ccccc5c5ccccc54)c3)c2)cc1. The lowest BCUT2D eigenvalue weighted by Gasteiger charge is -2.17. The number of rotatable bonds is 5. The molecule has 0 aliphatic rings. The third-order valence-electron chi connectivity index (χ3n) is 13.6. The van der Waals surface area contributed by atoms with Crippen molar-refractivity contribution in [2.75, 3.05) is 0 Å². The van der Waals surface area contributed by atoms with Crippen molar-refractivity contribution in [3.63, 3.8) is 0 Å². The number of para-hydroxylation sites is 6. The highest BCUT2D eigenvalue weighted by molar-refractivity contribution is 6.29. The van der Waals surface area contributed by atoms with Gasteiger partial charge < -0.3 is 13.7 Å². The quantitative estimate of drug-likeness (QED) is 0.159. The number of nitrogens with zero attached hydrogens (tertiary/aromatic N) is 4. The summed E-state index contributed by atoms with van der Waals surface area (Å²) in [5.74, 6) is 0. The number of aromatic nitrogens is 4. The zero-order valence-corrected chi connectivity index (χ0v) is 35.2. The van der Waals surface area contributed by atoms with Crippen molar-refractivity contribution in [2.45, 2.75) is 0 Å². The summed E-state index contributed by atoms with van der Waals surface area (Å²) in [5.41, 5.74) is 15.8. The molecule has 10 aromatic carbocycles. The summed E-state index contributed by atoms with van der Waals surface area (Å²) in [6.45, 7) is 0. The van der Waals surface area contributed by atoms with E-state index < -0.39 is 0 Å². The summed E-state index contributed by atoms with van der Waals surface area (Å²) in [5, 5.41) is 11.0. The first kappa shape index (κ1) is 35.8. The van der Waals surface area contributed by atoms with Gasteiger partial charge in [0.1, 0.15) is 0 Å². The molecular formula is C61H38N4. The summed E-state index contributed by atoms with van der Waals surface area (Å²) in [7, 11) is 0. The second-order valence-electron chi connectivity index (χ2n) is 17.1. The molecule has 4 heteroatoms. The summed E-state index contributed by atoms with van der Waals surface area (Å²) < 4.78 is 7.34. The van der Waals surface area contributed by atoms with Crippen LogP contribution in [0, 0.1) is 0 Å². The third-order valence-corrected chi connectivity index (χ3v) is 13.6. The van der Waals surface area contributed by atoms with Gasteiger partial charge in [-0.05, 0) is 83.9 Å². The Morgan fingerprint density at radius 1 is 0.246 bits per heavy atom. The van der Waals surface area contributed by atoms with E-state index in [0.29, 0.717) is 0 Å². The second kappa shape index (κ2) is 13.9. The molecule has 0 spiro atoms. The summed E-state index contributed by atoms with van der Waals surface area (Å²) in [6.07, 6.45) is 0. The molecule has 302 valence electrons. The van der Waals surface area contributed by atoms with Crippen molar-refractivity contribution in [1.82, 2.24) is 18.7 Å². The Balaban J connectivity index is 1.04. The van der Waals surface area contributed by atoms with E-state index in [0.717, 1.165) is 61.3 Å². The molecule has 0 atom stereocenters. The topological polar surface area (TPSA) is 27.7 Å². The Morgan fingerprint density at radius 2 is 0.692 bits per heavy atom. The van der Waals surface area contributed by atoms with Crippen LogP contribution in [0.2, 0.25) is 0 Å². The number of hydrogen-bond donors (Lipinski definition) is 0. The van der Waals surface area contributed by atoms with Gasteiger partial charge in [0.15, 0.2) is 0 Å². The molecule has 65 heavy (non-hydrogen) atoms. The zero-order valence-electron chi connectivity index (χ0n) is 35.2. The summed E-state index contributed by atoms with van der Waals surface area (Å²) >= 11 is 0. The highest BCUT2D eigenvalue weighted by atomic mass is 15.0. The van der Waals surface area contributed by atoms with Crippen molar-refractivity contribution in [1.29, 1.82) is 0 Å². The van der Waals surface area contributed by atoms with Crippen molar-refractivity contribution < 1.29 is 0 Å². The first-order chi connectivity index (χ1) is 32.3. The normalized spacial score (nSPS) is 12.0. The minimum Gasteiger partial charge on any atom is -0.309 e. The predicted molar refractivity (Wildman–Crippen MR) is 273 cm³/mol. The van der Waals surface area contributed by atoms with Crippen molar-refractivity contribution in [3.8, 4) is 39.4 Å². The lowest BCUT2D eigenvalue weighted by molar-refractivity contribution is 1.13. The fourth-order valence-electron chi connectivity index (χ4n) is 10.8. The zero-order chi connectivity index (χ0) is 42.6. The van der Waals surface area contributed by atoms with Gasteiger partial charge in [0.2, 0.25) is 0 Å². The lowest BCUT2D eigenvalue weighted by atomic mass is 9.96. The maximum absolute atomic E-state index is 5.28. The largest absolute Gasteiger partial charge is 0.309 e. The summed E-state index contributed by atoms with van der Waals surface area (Å²) in [6, 6.07) is 84.0. The van der Waals surface area contributed by atoms with Gasteiger partial charge in [0.05, 0.1) is 44.3 Å². The number of fused-ring (bicyclic) bond motifs is 13. The van der Waals surface area contributed by atoms with Gasteiger partial charge in [-0.15, -0.1) is 0 Å². The lowest BCUT2D eigenvalue weighted by Crippen LogP contribution is -2.00. The van der Waals surface area contributed by atoms with E-state index >= 15 is 0 Å². The van der Waals surface area contributed by atoms with E-state index in [2.05, 4.69) is 244 Å². The number of hydrogen-bond acceptors (Lipinski definition) is 1. The second-order valence-corrected chi connectivity index (χ2v) is 17.1. The Kier molecular flexibility index (Phi) is 7.65. The van der Waals surface area contributed by atoms with Crippen LogP contribution >= 0.6 is 0 Å². The van der Waals surface area contributed by atoms with Gasteiger partial charge in [-0.2, -0.15) is 0 Å². The average molecular weight is 827 g/mol. The van der Waals surface area contributed by atoms with Crippen LogP contribution in [0.25, 0.3) is 127 Å². The van der Waals surface area contributed by atoms with Crippen LogP contribution in [0.3, 0.4) is 0 Å². The minimum atomic E-state index is 0.993. The van der Waals surface area contributed by atoms with Gasteiger partial charge in [0.25, 0.3) is 0 Å². The minimum absolute atomic E-state index is 0.993. The van der Waals surface area contributed by atoms with Crippen LogP contribution in [0.15, 0.2) is 231 Å². The van der Waals surface area contributed by atoms with Crippen molar-refractivity contribution in [3.05, 3.63) is 231 Å². The first-order valence-electron chi connectivity index (χ1n) is 22.3. The van der Waals surface area contributed by atoms with E-state index in [1.807, 2.05) is 0 Å². The molecule has 0 aliphatic heterocycles. The number of pyridine rings is 1. The molecule has 0 bridgehead atoms. The molecule has 0 unspecified atom stereocenters. The Morgan fingerprint density at radius 3 is 1.28 bits per heavy atom. The van der Waals surface area contributed by atoms with E-state index in [1.54, 1.807) is 0 Å². The first-order valence-corrected chi connectivity index (χ1v) is 22.3. The van der Waals surface area contributed by atoms with Gasteiger partial charge in [-0.3, -0.25) is 0 Å². The molecule has 0 radical (unpaired) electrons. The molecule has 4 aromatic heterocycles. The molecule has 0 fully saturated rings. The van der Waals surface area contributed by atoms with E-state index in [-0.39, 0.29) is 0 Å². The smallest absolute Gasteiger partial charge is 0.0788 e. The molecule has 0 aliphatic carbocycles. The van der Waals surface area contributed by atoms with Gasteiger partial charge in [-0.1, -0.05) is 158 Å². The van der Waals surface area contributed by atoms with Gasteiger partial charge in [-0.25, -0.2) is 4.98 Å². The highest BCUT2D eigenvalue weighted by Crippen LogP contribution is 2.43. The predicted octanol–water partition coefficient (Wildman–Crippen LogP) is 16.0. The number of benzene rings is 10. The monoisotopic (exact) mass is 826 g/mol. The maximum Gasteiger partial charge on any atom is 0.0788 e. The van der Waals surface area contributed by atoms with Crippen molar-refractivity contribution >= 4 is 87.1 Å². The average Bonchev–Trinajstić information content (AvgIpc) is 4.02. The van der Waals surface area contributed by atoms with Crippen LogP contribution in [0.4, 0.5) is 0 Å². The van der Waals surface area contributed by atoms with Crippen molar-refractivity contribution in [2.24, 2.45) is 0 Å². The summed E-state index contributed by atoms with van der Waals surface area (Å²) in [4.78, 5) is 5.28. The molecule has 0 amide bonds. The Labute approximate surface area is 374 Å². The molecule has 0 N–H and O–H groups in total. The van der Waals surface area contributed by atoms with Gasteiger partial charge >= 0.3 is 0 Å². The van der Waals surface area contributed by atoms with Crippen LogP contribution in [-0.4, -0.2) is 18.7 Å². The highest BCUT2D eigenvalue weighted by Gasteiger charge is 2.21. The Hall–Kier alpha value is -8.73. The fourth-order valence-corrected chi connectivity index (χ4v) is 10.8. The van der Waals surface area contributed by atoms with E-state index in [4.69, 9.17) is 4.98 Å². The molecule has 4 heterocycles.